The monoisotopic (exact) mass is 171 g/mol. The average Bonchev–Trinajstić information content (AvgIpc) is 2.17. The zero-order valence-electron chi connectivity index (χ0n) is 6.82. The van der Waals surface area contributed by atoms with Crippen LogP contribution in [0.15, 0.2) is 36.4 Å². The highest BCUT2D eigenvalue weighted by atomic mass is 16.4. The number of aromatic carboxylic acids is 1. The molecule has 0 aliphatic heterocycles. The van der Waals surface area contributed by atoms with Crippen molar-refractivity contribution in [1.82, 2.24) is 0 Å². The minimum absolute atomic E-state index is 0.234. The average molecular weight is 171 g/mol. The highest BCUT2D eigenvalue weighted by Crippen LogP contribution is 2.17. The van der Waals surface area contributed by atoms with E-state index in [1.165, 1.54) is 0 Å². The first-order valence-electron chi connectivity index (χ1n) is 3.92. The van der Waals surface area contributed by atoms with Gasteiger partial charge in [0.25, 0.3) is 0 Å². The van der Waals surface area contributed by atoms with Gasteiger partial charge in [-0.1, -0.05) is 36.4 Å². The lowest BCUT2D eigenvalue weighted by Gasteiger charge is -1.99. The molecule has 1 radical (unpaired) electrons. The first-order chi connectivity index (χ1) is 6.29. The number of carboxylic acids is 1. The molecule has 0 saturated heterocycles. The van der Waals surface area contributed by atoms with Crippen LogP contribution in [0.1, 0.15) is 10.4 Å². The molecule has 0 bridgehead atoms. The van der Waals surface area contributed by atoms with Crippen molar-refractivity contribution >= 4 is 16.7 Å². The van der Waals surface area contributed by atoms with Crippen LogP contribution in [0.25, 0.3) is 10.8 Å². The molecule has 63 valence electrons. The highest BCUT2D eigenvalue weighted by Gasteiger charge is 2.06. The van der Waals surface area contributed by atoms with Crippen LogP contribution >= 0.6 is 0 Å². The van der Waals surface area contributed by atoms with Gasteiger partial charge in [-0.3, -0.25) is 0 Å². The second-order valence-corrected chi connectivity index (χ2v) is 2.75. The number of benzene rings is 2. The first-order valence-corrected chi connectivity index (χ1v) is 3.92. The van der Waals surface area contributed by atoms with E-state index in [9.17, 15) is 4.79 Å². The van der Waals surface area contributed by atoms with E-state index < -0.39 is 5.97 Å². The van der Waals surface area contributed by atoms with Crippen LogP contribution in [0.5, 0.6) is 0 Å². The van der Waals surface area contributed by atoms with E-state index in [1.54, 1.807) is 12.1 Å². The molecule has 0 fully saturated rings. The Bertz CT molecular complexity index is 455. The fraction of sp³-hybridized carbons (Fsp3) is 0. The Balaban J connectivity index is 2.83. The van der Waals surface area contributed by atoms with Crippen molar-refractivity contribution in [3.8, 4) is 0 Å². The molecule has 0 amide bonds. The molecule has 0 heterocycles. The van der Waals surface area contributed by atoms with E-state index in [1.807, 2.05) is 24.3 Å². The summed E-state index contributed by atoms with van der Waals surface area (Å²) < 4.78 is 0. The Labute approximate surface area is 75.4 Å². The molecule has 0 unspecified atom stereocenters. The quantitative estimate of drug-likeness (QED) is 0.715. The van der Waals surface area contributed by atoms with E-state index >= 15 is 0 Å². The SMILES string of the molecule is O=C(O)c1[c]ccc2ccccc12. The molecule has 2 heteroatoms. The molecule has 0 atom stereocenters. The second kappa shape index (κ2) is 2.90. The van der Waals surface area contributed by atoms with E-state index in [-0.39, 0.29) is 5.56 Å². The van der Waals surface area contributed by atoms with Gasteiger partial charge in [-0.05, 0) is 16.8 Å². The van der Waals surface area contributed by atoms with Gasteiger partial charge in [0.05, 0.1) is 5.56 Å². The fourth-order valence-corrected chi connectivity index (χ4v) is 1.34. The molecule has 1 N–H and O–H groups in total. The Kier molecular flexibility index (Phi) is 1.74. The zero-order chi connectivity index (χ0) is 9.26. The van der Waals surface area contributed by atoms with E-state index in [0.29, 0.717) is 0 Å². The number of carboxylic acid groups (broad SMARTS) is 1. The van der Waals surface area contributed by atoms with Gasteiger partial charge in [0.2, 0.25) is 0 Å². The summed E-state index contributed by atoms with van der Waals surface area (Å²) in [5, 5.41) is 10.5. The van der Waals surface area contributed by atoms with Crippen LogP contribution < -0.4 is 0 Å². The standard InChI is InChI=1S/C11H7O2/c12-11(13)10-7-3-5-8-4-1-2-6-9(8)10/h1-6H,(H,12,13). The summed E-state index contributed by atoms with van der Waals surface area (Å²) in [6.45, 7) is 0. The van der Waals surface area contributed by atoms with Crippen LogP contribution in [-0.2, 0) is 0 Å². The van der Waals surface area contributed by atoms with Crippen LogP contribution in [0.4, 0.5) is 0 Å². The minimum Gasteiger partial charge on any atom is -0.478 e. The third-order valence-corrected chi connectivity index (χ3v) is 1.93. The molecule has 0 spiro atoms. The predicted octanol–water partition coefficient (Wildman–Crippen LogP) is 2.34. The van der Waals surface area contributed by atoms with Gasteiger partial charge in [-0.2, -0.15) is 0 Å². The van der Waals surface area contributed by atoms with Crippen LogP contribution in [-0.4, -0.2) is 11.1 Å². The van der Waals surface area contributed by atoms with Crippen molar-refractivity contribution < 1.29 is 9.90 Å². The number of carbonyl (C=O) groups is 1. The molecule has 13 heavy (non-hydrogen) atoms. The van der Waals surface area contributed by atoms with E-state index in [4.69, 9.17) is 5.11 Å². The number of rotatable bonds is 1. The lowest BCUT2D eigenvalue weighted by molar-refractivity contribution is 0.0698. The van der Waals surface area contributed by atoms with Gasteiger partial charge in [0, 0.05) is 0 Å². The third-order valence-electron chi connectivity index (χ3n) is 1.93. The zero-order valence-corrected chi connectivity index (χ0v) is 6.82. The molecule has 2 aromatic carbocycles. The number of hydrogen-bond acceptors (Lipinski definition) is 1. The van der Waals surface area contributed by atoms with Gasteiger partial charge in [0.15, 0.2) is 0 Å². The molecule has 0 aliphatic carbocycles. The van der Waals surface area contributed by atoms with Crippen molar-refractivity contribution in [3.05, 3.63) is 48.0 Å². The third kappa shape index (κ3) is 1.26. The summed E-state index contributed by atoms with van der Waals surface area (Å²) >= 11 is 0. The van der Waals surface area contributed by atoms with Crippen molar-refractivity contribution in [3.63, 3.8) is 0 Å². The summed E-state index contributed by atoms with van der Waals surface area (Å²) in [5.74, 6) is -0.934. The summed E-state index contributed by atoms with van der Waals surface area (Å²) in [5.41, 5.74) is 0.234. The maximum Gasteiger partial charge on any atom is 0.336 e. The lowest BCUT2D eigenvalue weighted by Crippen LogP contribution is -1.96. The van der Waals surface area contributed by atoms with Gasteiger partial charge in [0.1, 0.15) is 0 Å². The van der Waals surface area contributed by atoms with Crippen molar-refractivity contribution in [1.29, 1.82) is 0 Å². The fourth-order valence-electron chi connectivity index (χ4n) is 1.34. The molecular weight excluding hydrogens is 164 g/mol. The Hall–Kier alpha value is -1.83. The van der Waals surface area contributed by atoms with E-state index in [0.717, 1.165) is 10.8 Å². The summed E-state index contributed by atoms with van der Waals surface area (Å²) in [4.78, 5) is 10.8. The largest absolute Gasteiger partial charge is 0.478 e. The topological polar surface area (TPSA) is 37.3 Å². The van der Waals surface area contributed by atoms with Gasteiger partial charge in [-0.25, -0.2) is 4.79 Å². The summed E-state index contributed by atoms with van der Waals surface area (Å²) in [7, 11) is 0. The maximum absolute atomic E-state index is 10.8. The predicted molar refractivity (Wildman–Crippen MR) is 49.7 cm³/mol. The normalized spacial score (nSPS) is 10.2. The van der Waals surface area contributed by atoms with E-state index in [2.05, 4.69) is 6.07 Å². The molecular formula is C11H7O2. The Morgan fingerprint density at radius 2 is 2.00 bits per heavy atom. The number of fused-ring (bicyclic) bond motifs is 1. The maximum atomic E-state index is 10.8. The van der Waals surface area contributed by atoms with Crippen molar-refractivity contribution in [2.24, 2.45) is 0 Å². The first kappa shape index (κ1) is 7.80. The smallest absolute Gasteiger partial charge is 0.336 e. The molecule has 0 saturated carbocycles. The lowest BCUT2D eigenvalue weighted by atomic mass is 10.1. The molecule has 2 rings (SSSR count). The highest BCUT2D eigenvalue weighted by molar-refractivity contribution is 6.03. The van der Waals surface area contributed by atoms with Gasteiger partial charge >= 0.3 is 5.97 Å². The minimum atomic E-state index is -0.934. The van der Waals surface area contributed by atoms with Crippen molar-refractivity contribution in [2.75, 3.05) is 0 Å². The molecule has 2 nitrogen and oxygen atoms in total. The number of hydrogen-bond donors (Lipinski definition) is 1. The molecule has 0 aromatic heterocycles. The van der Waals surface area contributed by atoms with Crippen molar-refractivity contribution in [2.45, 2.75) is 0 Å². The molecule has 2 aromatic rings. The second-order valence-electron chi connectivity index (χ2n) is 2.75. The van der Waals surface area contributed by atoms with Gasteiger partial charge < -0.3 is 5.11 Å². The molecule has 0 aliphatic rings. The van der Waals surface area contributed by atoms with Gasteiger partial charge in [-0.15, -0.1) is 0 Å². The Morgan fingerprint density at radius 3 is 2.77 bits per heavy atom. The van der Waals surface area contributed by atoms with Crippen LogP contribution in [0.2, 0.25) is 0 Å². The Morgan fingerprint density at radius 1 is 1.23 bits per heavy atom. The van der Waals surface area contributed by atoms with Crippen LogP contribution in [0.3, 0.4) is 0 Å². The van der Waals surface area contributed by atoms with Crippen LogP contribution in [0, 0.1) is 6.07 Å². The summed E-state index contributed by atoms with van der Waals surface area (Å²) in [6, 6.07) is 13.6. The summed E-state index contributed by atoms with van der Waals surface area (Å²) in [6.07, 6.45) is 0.